The minimum atomic E-state index is -0.622. The molecule has 24 heavy (non-hydrogen) atoms. The number of esters is 2. The Labute approximate surface area is 140 Å². The van der Waals surface area contributed by atoms with Crippen LogP contribution in [-0.2, 0) is 30.4 Å². The highest BCUT2D eigenvalue weighted by molar-refractivity contribution is 5.94. The van der Waals surface area contributed by atoms with Gasteiger partial charge in [-0.3, -0.25) is 14.4 Å². The fourth-order valence-electron chi connectivity index (χ4n) is 2.01. The van der Waals surface area contributed by atoms with Gasteiger partial charge in [0.25, 0.3) is 0 Å². The van der Waals surface area contributed by atoms with Crippen LogP contribution >= 0.6 is 0 Å². The molecule has 7 heteroatoms. The lowest BCUT2D eigenvalue weighted by molar-refractivity contribution is -0.149. The van der Waals surface area contributed by atoms with E-state index in [1.165, 1.54) is 17.0 Å². The summed E-state index contributed by atoms with van der Waals surface area (Å²) in [5.41, 5.74) is 0.692. The van der Waals surface area contributed by atoms with E-state index in [-0.39, 0.29) is 38.5 Å². The summed E-state index contributed by atoms with van der Waals surface area (Å²) in [5, 5.41) is 0. The molecular formula is C17H22FNO5. The van der Waals surface area contributed by atoms with Crippen molar-refractivity contribution in [2.24, 2.45) is 0 Å². The first-order valence-electron chi connectivity index (χ1n) is 7.79. The van der Waals surface area contributed by atoms with Crippen LogP contribution in [0.25, 0.3) is 0 Å². The molecule has 1 aromatic carbocycles. The summed E-state index contributed by atoms with van der Waals surface area (Å²) in [4.78, 5) is 36.6. The summed E-state index contributed by atoms with van der Waals surface area (Å²) in [7, 11) is 0. The maximum atomic E-state index is 13.0. The van der Waals surface area contributed by atoms with Gasteiger partial charge in [0.2, 0.25) is 5.91 Å². The quantitative estimate of drug-likeness (QED) is 0.509. The number of hydrogen-bond acceptors (Lipinski definition) is 5. The van der Waals surface area contributed by atoms with Crippen molar-refractivity contribution in [3.63, 3.8) is 0 Å². The van der Waals surface area contributed by atoms with Crippen molar-refractivity contribution in [2.75, 3.05) is 19.8 Å². The van der Waals surface area contributed by atoms with Gasteiger partial charge in [-0.05, 0) is 31.5 Å². The van der Waals surface area contributed by atoms with Crippen molar-refractivity contribution in [1.82, 2.24) is 4.90 Å². The second-order valence-corrected chi connectivity index (χ2v) is 4.98. The lowest BCUT2D eigenvalue weighted by atomic mass is 10.2. The third-order valence-electron chi connectivity index (χ3n) is 3.13. The molecule has 0 spiro atoms. The molecule has 1 aromatic rings. The molecule has 0 heterocycles. The van der Waals surface area contributed by atoms with E-state index in [2.05, 4.69) is 0 Å². The molecule has 132 valence electrons. The average Bonchev–Trinajstić information content (AvgIpc) is 2.53. The first kappa shape index (κ1) is 19.6. The molecule has 0 aliphatic heterocycles. The van der Waals surface area contributed by atoms with Crippen molar-refractivity contribution >= 4 is 17.8 Å². The van der Waals surface area contributed by atoms with Gasteiger partial charge in [-0.25, -0.2) is 4.39 Å². The van der Waals surface area contributed by atoms with Crippen LogP contribution in [0.3, 0.4) is 0 Å². The van der Waals surface area contributed by atoms with Crippen LogP contribution in [0.1, 0.15) is 32.3 Å². The highest BCUT2D eigenvalue weighted by Gasteiger charge is 2.19. The predicted octanol–water partition coefficient (Wildman–Crippen LogP) is 2.06. The molecule has 1 rings (SSSR count). The number of rotatable bonds is 9. The van der Waals surface area contributed by atoms with Crippen molar-refractivity contribution < 1.29 is 28.2 Å². The van der Waals surface area contributed by atoms with Crippen LogP contribution in [-0.4, -0.2) is 42.5 Å². The summed E-state index contributed by atoms with van der Waals surface area (Å²) in [5.74, 6) is -1.88. The molecule has 1 amide bonds. The zero-order valence-electron chi connectivity index (χ0n) is 13.9. The number of hydrogen-bond donors (Lipinski definition) is 0. The van der Waals surface area contributed by atoms with Crippen LogP contribution in [0.15, 0.2) is 24.3 Å². The number of carbonyl (C=O) groups excluding carboxylic acids is 3. The molecule has 0 atom stereocenters. The average molecular weight is 339 g/mol. The summed E-state index contributed by atoms with van der Waals surface area (Å²) in [6.07, 6.45) is -0.387. The van der Waals surface area contributed by atoms with E-state index < -0.39 is 24.3 Å². The van der Waals surface area contributed by atoms with Gasteiger partial charge in [-0.1, -0.05) is 12.1 Å². The van der Waals surface area contributed by atoms with Crippen molar-refractivity contribution in [3.8, 4) is 0 Å². The standard InChI is InChI=1S/C17H22FNO5/c1-3-23-16(21)9-10-19(15(20)11-17(22)24-4-2)12-13-5-7-14(18)8-6-13/h5-8H,3-4,9-12H2,1-2H3. The van der Waals surface area contributed by atoms with Crippen LogP contribution < -0.4 is 0 Å². The molecule has 0 radical (unpaired) electrons. The number of ether oxygens (including phenoxy) is 2. The Bertz CT molecular complexity index is 559. The van der Waals surface area contributed by atoms with E-state index in [4.69, 9.17) is 9.47 Å². The molecule has 0 saturated heterocycles. The predicted molar refractivity (Wildman–Crippen MR) is 84.3 cm³/mol. The van der Waals surface area contributed by atoms with E-state index in [0.29, 0.717) is 5.56 Å². The summed E-state index contributed by atoms with van der Waals surface area (Å²) in [6, 6.07) is 5.66. The molecule has 0 saturated carbocycles. The van der Waals surface area contributed by atoms with Gasteiger partial charge in [0.15, 0.2) is 0 Å². The highest BCUT2D eigenvalue weighted by atomic mass is 19.1. The lowest BCUT2D eigenvalue weighted by Crippen LogP contribution is -2.34. The minimum Gasteiger partial charge on any atom is -0.466 e. The van der Waals surface area contributed by atoms with Crippen molar-refractivity contribution in [1.29, 1.82) is 0 Å². The van der Waals surface area contributed by atoms with E-state index in [0.717, 1.165) is 0 Å². The molecule has 0 N–H and O–H groups in total. The Kier molecular flexibility index (Phi) is 8.46. The topological polar surface area (TPSA) is 72.9 Å². The van der Waals surface area contributed by atoms with Gasteiger partial charge < -0.3 is 14.4 Å². The SMILES string of the molecule is CCOC(=O)CCN(Cc1ccc(F)cc1)C(=O)CC(=O)OCC. The highest BCUT2D eigenvalue weighted by Crippen LogP contribution is 2.09. The summed E-state index contributed by atoms with van der Waals surface area (Å²) < 4.78 is 22.6. The van der Waals surface area contributed by atoms with Gasteiger partial charge >= 0.3 is 11.9 Å². The monoisotopic (exact) mass is 339 g/mol. The van der Waals surface area contributed by atoms with Crippen LogP contribution in [0, 0.1) is 5.82 Å². The second kappa shape index (κ2) is 10.4. The van der Waals surface area contributed by atoms with Crippen LogP contribution in [0.2, 0.25) is 0 Å². The molecule has 0 unspecified atom stereocenters. The first-order chi connectivity index (χ1) is 11.5. The number of carbonyl (C=O) groups is 3. The molecule has 0 fully saturated rings. The normalized spacial score (nSPS) is 10.1. The Morgan fingerprint density at radius 3 is 2.17 bits per heavy atom. The number of amides is 1. The maximum Gasteiger partial charge on any atom is 0.315 e. The molecular weight excluding hydrogens is 317 g/mol. The van der Waals surface area contributed by atoms with E-state index in [1.54, 1.807) is 26.0 Å². The van der Waals surface area contributed by atoms with E-state index in [9.17, 15) is 18.8 Å². The fourth-order valence-corrected chi connectivity index (χ4v) is 2.01. The Balaban J connectivity index is 2.73. The smallest absolute Gasteiger partial charge is 0.315 e. The Hall–Kier alpha value is -2.44. The summed E-state index contributed by atoms with van der Waals surface area (Å²) >= 11 is 0. The van der Waals surface area contributed by atoms with Gasteiger partial charge in [-0.2, -0.15) is 0 Å². The second-order valence-electron chi connectivity index (χ2n) is 4.98. The Morgan fingerprint density at radius 1 is 1.00 bits per heavy atom. The van der Waals surface area contributed by atoms with Gasteiger partial charge in [0.1, 0.15) is 12.2 Å². The zero-order valence-corrected chi connectivity index (χ0v) is 13.9. The van der Waals surface area contributed by atoms with Crippen molar-refractivity contribution in [2.45, 2.75) is 33.2 Å². The lowest BCUT2D eigenvalue weighted by Gasteiger charge is -2.22. The first-order valence-corrected chi connectivity index (χ1v) is 7.79. The van der Waals surface area contributed by atoms with E-state index in [1.807, 2.05) is 0 Å². The fraction of sp³-hybridized carbons (Fsp3) is 0.471. The third-order valence-corrected chi connectivity index (χ3v) is 3.13. The molecule has 0 aromatic heterocycles. The molecule has 0 bridgehead atoms. The zero-order chi connectivity index (χ0) is 17.9. The molecule has 0 aliphatic carbocycles. The third kappa shape index (κ3) is 7.21. The van der Waals surface area contributed by atoms with Gasteiger partial charge in [0, 0.05) is 13.1 Å². The number of nitrogens with zero attached hydrogens (tertiary/aromatic N) is 1. The maximum absolute atomic E-state index is 13.0. The van der Waals surface area contributed by atoms with Crippen molar-refractivity contribution in [3.05, 3.63) is 35.6 Å². The van der Waals surface area contributed by atoms with Gasteiger partial charge in [-0.15, -0.1) is 0 Å². The molecule has 0 aliphatic rings. The van der Waals surface area contributed by atoms with Crippen LogP contribution in [0.5, 0.6) is 0 Å². The minimum absolute atomic E-state index is 0.0175. The van der Waals surface area contributed by atoms with Crippen LogP contribution in [0.4, 0.5) is 4.39 Å². The number of benzene rings is 1. The number of halogens is 1. The largest absolute Gasteiger partial charge is 0.466 e. The van der Waals surface area contributed by atoms with E-state index >= 15 is 0 Å². The Morgan fingerprint density at radius 2 is 1.58 bits per heavy atom. The van der Waals surface area contributed by atoms with Gasteiger partial charge in [0.05, 0.1) is 19.6 Å². The summed E-state index contributed by atoms with van der Waals surface area (Å²) in [6.45, 7) is 4.06. The molecule has 6 nitrogen and oxygen atoms in total.